The van der Waals surface area contributed by atoms with Crippen LogP contribution in [0.5, 0.6) is 0 Å². The van der Waals surface area contributed by atoms with Crippen LogP contribution in [0.3, 0.4) is 0 Å². The molecular weight excluding hydrogens is 298 g/mol. The number of hydrogen-bond acceptors (Lipinski definition) is 5. The summed E-state index contributed by atoms with van der Waals surface area (Å²) in [6, 6.07) is 3.41. The standard InChI is InChI=1S/C15H21N5O3/c1-9(2)17-14(22)15(23)20-19-11(4)8-13(21)18-12-7-10(3)5-6-16-12/h5-7,9H,8H2,1-4H3,(H,17,22)(H,20,23)(H,16,18,21). The summed E-state index contributed by atoms with van der Waals surface area (Å²) in [5.74, 6) is -1.52. The second-order valence-electron chi connectivity index (χ2n) is 5.36. The van der Waals surface area contributed by atoms with Gasteiger partial charge in [0.2, 0.25) is 5.91 Å². The maximum atomic E-state index is 11.8. The fraction of sp³-hybridized carbons (Fsp3) is 0.400. The van der Waals surface area contributed by atoms with E-state index < -0.39 is 11.8 Å². The Hall–Kier alpha value is -2.77. The van der Waals surface area contributed by atoms with Gasteiger partial charge in [0, 0.05) is 18.0 Å². The number of anilines is 1. The summed E-state index contributed by atoms with van der Waals surface area (Å²) in [6.07, 6.45) is 1.57. The molecule has 124 valence electrons. The highest BCUT2D eigenvalue weighted by Crippen LogP contribution is 2.05. The highest BCUT2D eigenvalue weighted by Gasteiger charge is 2.13. The molecule has 8 nitrogen and oxygen atoms in total. The van der Waals surface area contributed by atoms with Crippen LogP contribution >= 0.6 is 0 Å². The molecule has 0 aliphatic rings. The van der Waals surface area contributed by atoms with Crippen molar-refractivity contribution in [2.75, 3.05) is 5.32 Å². The molecule has 0 saturated heterocycles. The third-order valence-corrected chi connectivity index (χ3v) is 2.57. The highest BCUT2D eigenvalue weighted by molar-refractivity contribution is 6.35. The first-order valence-corrected chi connectivity index (χ1v) is 7.14. The molecule has 8 heteroatoms. The van der Waals surface area contributed by atoms with Gasteiger partial charge >= 0.3 is 11.8 Å². The van der Waals surface area contributed by atoms with Gasteiger partial charge in [-0.05, 0) is 45.4 Å². The van der Waals surface area contributed by atoms with E-state index in [2.05, 4.69) is 26.1 Å². The van der Waals surface area contributed by atoms with E-state index in [0.29, 0.717) is 11.5 Å². The number of carbonyl (C=O) groups excluding carboxylic acids is 3. The van der Waals surface area contributed by atoms with Crippen molar-refractivity contribution in [3.63, 3.8) is 0 Å². The van der Waals surface area contributed by atoms with Gasteiger partial charge in [0.1, 0.15) is 5.82 Å². The van der Waals surface area contributed by atoms with Crippen LogP contribution in [0, 0.1) is 6.92 Å². The molecule has 3 N–H and O–H groups in total. The Labute approximate surface area is 134 Å². The number of pyridine rings is 1. The van der Waals surface area contributed by atoms with Crippen molar-refractivity contribution in [1.82, 2.24) is 15.7 Å². The lowest BCUT2D eigenvalue weighted by molar-refractivity contribution is -0.139. The average Bonchev–Trinajstić information content (AvgIpc) is 2.43. The second kappa shape index (κ2) is 8.62. The molecule has 3 amide bonds. The lowest BCUT2D eigenvalue weighted by atomic mass is 10.2. The molecule has 23 heavy (non-hydrogen) atoms. The lowest BCUT2D eigenvalue weighted by Crippen LogP contribution is -2.41. The van der Waals surface area contributed by atoms with Gasteiger partial charge < -0.3 is 10.6 Å². The van der Waals surface area contributed by atoms with Crippen LogP contribution in [0.2, 0.25) is 0 Å². The molecule has 1 rings (SSSR count). The van der Waals surface area contributed by atoms with Gasteiger partial charge in [0.25, 0.3) is 0 Å². The highest BCUT2D eigenvalue weighted by atomic mass is 16.2. The number of rotatable bonds is 5. The molecular formula is C15H21N5O3. The zero-order valence-electron chi connectivity index (χ0n) is 13.6. The predicted molar refractivity (Wildman–Crippen MR) is 86.8 cm³/mol. The number of hydrogen-bond donors (Lipinski definition) is 3. The van der Waals surface area contributed by atoms with E-state index in [9.17, 15) is 14.4 Å². The number of nitrogens with one attached hydrogen (secondary N) is 3. The number of hydrazone groups is 1. The maximum Gasteiger partial charge on any atom is 0.329 e. The van der Waals surface area contributed by atoms with Crippen molar-refractivity contribution in [3.8, 4) is 0 Å². The largest absolute Gasteiger partial charge is 0.346 e. The van der Waals surface area contributed by atoms with E-state index in [4.69, 9.17) is 0 Å². The second-order valence-corrected chi connectivity index (χ2v) is 5.36. The zero-order chi connectivity index (χ0) is 17.4. The van der Waals surface area contributed by atoms with Gasteiger partial charge in [-0.1, -0.05) is 0 Å². The third kappa shape index (κ3) is 7.16. The van der Waals surface area contributed by atoms with Crippen LogP contribution in [0.25, 0.3) is 0 Å². The van der Waals surface area contributed by atoms with Crippen molar-refractivity contribution in [1.29, 1.82) is 0 Å². The van der Waals surface area contributed by atoms with Crippen LogP contribution in [0.4, 0.5) is 5.82 Å². The Morgan fingerprint density at radius 3 is 2.57 bits per heavy atom. The van der Waals surface area contributed by atoms with Gasteiger partial charge in [-0.2, -0.15) is 5.10 Å². The molecule has 0 radical (unpaired) electrons. The lowest BCUT2D eigenvalue weighted by Gasteiger charge is -2.07. The van der Waals surface area contributed by atoms with Crippen molar-refractivity contribution < 1.29 is 14.4 Å². The number of carbonyl (C=O) groups is 3. The van der Waals surface area contributed by atoms with E-state index in [0.717, 1.165) is 5.56 Å². The molecule has 1 aromatic heterocycles. The summed E-state index contributed by atoms with van der Waals surface area (Å²) >= 11 is 0. The molecule has 0 aliphatic carbocycles. The van der Waals surface area contributed by atoms with Crippen LogP contribution in [0.1, 0.15) is 32.8 Å². The van der Waals surface area contributed by atoms with E-state index in [1.807, 2.05) is 13.0 Å². The predicted octanol–water partition coefficient (Wildman–Crippen LogP) is 0.735. The Morgan fingerprint density at radius 2 is 1.96 bits per heavy atom. The number of aryl methyl sites for hydroxylation is 1. The Morgan fingerprint density at radius 1 is 1.26 bits per heavy atom. The molecule has 0 unspecified atom stereocenters. The van der Waals surface area contributed by atoms with E-state index in [-0.39, 0.29) is 18.4 Å². The van der Waals surface area contributed by atoms with Gasteiger partial charge in [-0.15, -0.1) is 0 Å². The Kier molecular flexibility index (Phi) is 6.85. The summed E-state index contributed by atoms with van der Waals surface area (Å²) in [7, 11) is 0. The van der Waals surface area contributed by atoms with E-state index in [1.54, 1.807) is 33.0 Å². The van der Waals surface area contributed by atoms with Gasteiger partial charge in [0.05, 0.1) is 6.42 Å². The molecule has 1 aromatic rings. The molecule has 0 fully saturated rings. The summed E-state index contributed by atoms with van der Waals surface area (Å²) in [5.41, 5.74) is 3.45. The van der Waals surface area contributed by atoms with E-state index in [1.165, 1.54) is 0 Å². The first kappa shape index (κ1) is 18.3. The normalized spacial score (nSPS) is 11.1. The molecule has 0 atom stereocenters. The topological polar surface area (TPSA) is 113 Å². The first-order valence-electron chi connectivity index (χ1n) is 7.14. The molecule has 0 spiro atoms. The van der Waals surface area contributed by atoms with E-state index >= 15 is 0 Å². The Balaban J connectivity index is 2.48. The van der Waals surface area contributed by atoms with Crippen LogP contribution in [-0.2, 0) is 14.4 Å². The minimum absolute atomic E-state index is 0.0261. The summed E-state index contributed by atoms with van der Waals surface area (Å²) in [6.45, 7) is 6.94. The fourth-order valence-corrected chi connectivity index (χ4v) is 1.59. The van der Waals surface area contributed by atoms with Gasteiger partial charge in [0.15, 0.2) is 0 Å². The zero-order valence-corrected chi connectivity index (χ0v) is 13.6. The molecule has 0 bridgehead atoms. The maximum absolute atomic E-state index is 11.8. The minimum atomic E-state index is -0.876. The molecule has 0 saturated carbocycles. The number of aromatic nitrogens is 1. The van der Waals surface area contributed by atoms with Crippen LogP contribution in [0.15, 0.2) is 23.4 Å². The smallest absolute Gasteiger partial charge is 0.329 e. The van der Waals surface area contributed by atoms with Crippen molar-refractivity contribution in [2.24, 2.45) is 5.10 Å². The SMILES string of the molecule is CC(CC(=O)Nc1cc(C)ccn1)=NNC(=O)C(=O)NC(C)C. The molecule has 1 heterocycles. The minimum Gasteiger partial charge on any atom is -0.346 e. The van der Waals surface area contributed by atoms with Crippen LogP contribution in [-0.4, -0.2) is 34.5 Å². The first-order chi connectivity index (χ1) is 10.8. The molecule has 0 aromatic carbocycles. The quantitative estimate of drug-likeness (QED) is 0.422. The summed E-state index contributed by atoms with van der Waals surface area (Å²) in [4.78, 5) is 38.7. The average molecular weight is 319 g/mol. The van der Waals surface area contributed by atoms with Crippen LogP contribution < -0.4 is 16.1 Å². The van der Waals surface area contributed by atoms with Crippen molar-refractivity contribution in [3.05, 3.63) is 23.9 Å². The fourth-order valence-electron chi connectivity index (χ4n) is 1.59. The third-order valence-electron chi connectivity index (χ3n) is 2.57. The monoisotopic (exact) mass is 319 g/mol. The summed E-state index contributed by atoms with van der Waals surface area (Å²) < 4.78 is 0. The van der Waals surface area contributed by atoms with Gasteiger partial charge in [-0.25, -0.2) is 10.4 Å². The van der Waals surface area contributed by atoms with Gasteiger partial charge in [-0.3, -0.25) is 14.4 Å². The Bertz CT molecular complexity index is 625. The van der Waals surface area contributed by atoms with Crippen molar-refractivity contribution >= 4 is 29.3 Å². The summed E-state index contributed by atoms with van der Waals surface area (Å²) in [5, 5.41) is 8.79. The number of nitrogens with zero attached hydrogens (tertiary/aromatic N) is 2. The number of amides is 3. The molecule has 0 aliphatic heterocycles. The van der Waals surface area contributed by atoms with Crippen molar-refractivity contribution in [2.45, 2.75) is 40.2 Å².